The third-order valence-corrected chi connectivity index (χ3v) is 7.03. The van der Waals surface area contributed by atoms with Crippen LogP contribution in [0.5, 0.6) is 0 Å². The molecule has 29 heavy (non-hydrogen) atoms. The molecule has 0 aromatic carbocycles. The lowest BCUT2D eigenvalue weighted by molar-refractivity contribution is -0.139. The molecule has 1 amide bonds. The number of hydrogen-bond acceptors (Lipinski definition) is 5. The van der Waals surface area contributed by atoms with E-state index in [-0.39, 0.29) is 11.3 Å². The minimum absolute atomic E-state index is 0.173. The molecule has 1 saturated heterocycles. The van der Waals surface area contributed by atoms with Gasteiger partial charge in [0.1, 0.15) is 0 Å². The predicted molar refractivity (Wildman–Crippen MR) is 109 cm³/mol. The Bertz CT molecular complexity index is 842. The van der Waals surface area contributed by atoms with Gasteiger partial charge >= 0.3 is 0 Å². The molecule has 0 spiro atoms. The number of carbonyl (C=O) groups is 1. The van der Waals surface area contributed by atoms with Gasteiger partial charge in [0.2, 0.25) is 5.91 Å². The second-order valence-corrected chi connectivity index (χ2v) is 9.29. The van der Waals surface area contributed by atoms with Crippen LogP contribution in [0.4, 0.5) is 0 Å². The predicted octanol–water partition coefficient (Wildman–Crippen LogP) is 4.37. The lowest BCUT2D eigenvalue weighted by Gasteiger charge is -2.42. The van der Waals surface area contributed by atoms with Gasteiger partial charge in [0.15, 0.2) is 5.82 Å². The van der Waals surface area contributed by atoms with E-state index < -0.39 is 0 Å². The van der Waals surface area contributed by atoms with Gasteiger partial charge in [-0.05, 0) is 50.2 Å². The smallest absolute Gasteiger partial charge is 0.259 e. The van der Waals surface area contributed by atoms with Crippen molar-refractivity contribution in [3.8, 4) is 11.5 Å². The summed E-state index contributed by atoms with van der Waals surface area (Å²) in [6.07, 6.45) is 14.9. The van der Waals surface area contributed by atoms with Crippen LogP contribution in [0.15, 0.2) is 29.0 Å². The van der Waals surface area contributed by atoms with Gasteiger partial charge in [-0.15, -0.1) is 0 Å². The summed E-state index contributed by atoms with van der Waals surface area (Å²) in [5.41, 5.74) is 0.673. The van der Waals surface area contributed by atoms with Crippen molar-refractivity contribution in [2.24, 2.45) is 11.8 Å². The van der Waals surface area contributed by atoms with Gasteiger partial charge in [-0.25, -0.2) is 0 Å². The van der Waals surface area contributed by atoms with Crippen LogP contribution in [0, 0.1) is 11.8 Å². The first-order valence-corrected chi connectivity index (χ1v) is 11.3. The Balaban J connectivity index is 1.40. The molecule has 5 rings (SSSR count). The van der Waals surface area contributed by atoms with E-state index in [2.05, 4.69) is 15.0 Å². The van der Waals surface area contributed by atoms with Crippen molar-refractivity contribution in [1.29, 1.82) is 0 Å². The molecule has 3 aliphatic rings. The zero-order chi connectivity index (χ0) is 19.7. The maximum Gasteiger partial charge on any atom is 0.259 e. The highest BCUT2D eigenvalue weighted by Gasteiger charge is 2.46. The number of pyridine rings is 1. The summed E-state index contributed by atoms with van der Waals surface area (Å²) in [5.74, 6) is 2.63. The summed E-state index contributed by atoms with van der Waals surface area (Å²) in [7, 11) is 0. The zero-order valence-electron chi connectivity index (χ0n) is 17.1. The molecule has 6 nitrogen and oxygen atoms in total. The third kappa shape index (κ3) is 3.94. The van der Waals surface area contributed by atoms with Crippen molar-refractivity contribution in [2.45, 2.75) is 69.6 Å². The third-order valence-electron chi connectivity index (χ3n) is 7.03. The Hall–Kier alpha value is -2.24. The maximum atomic E-state index is 13.3. The Morgan fingerprint density at radius 2 is 2.03 bits per heavy atom. The van der Waals surface area contributed by atoms with Crippen LogP contribution < -0.4 is 0 Å². The molecule has 0 bridgehead atoms. The van der Waals surface area contributed by atoms with Crippen molar-refractivity contribution in [1.82, 2.24) is 20.0 Å². The summed E-state index contributed by atoms with van der Waals surface area (Å²) >= 11 is 0. The summed E-state index contributed by atoms with van der Waals surface area (Å²) < 4.78 is 5.64. The number of carbonyl (C=O) groups excluding carboxylic acids is 1. The molecule has 1 unspecified atom stereocenters. The quantitative estimate of drug-likeness (QED) is 0.753. The molecular weight excluding hydrogens is 364 g/mol. The molecular formula is C23H30N4O2. The second kappa shape index (κ2) is 7.88. The molecule has 0 N–H and O–H groups in total. The fourth-order valence-electron chi connectivity index (χ4n) is 5.29. The molecule has 1 atom stereocenters. The average Bonchev–Trinajstić information content (AvgIpc) is 3.44. The number of amides is 1. The molecule has 2 aromatic rings. The highest BCUT2D eigenvalue weighted by atomic mass is 16.5. The van der Waals surface area contributed by atoms with Crippen molar-refractivity contribution in [2.75, 3.05) is 13.1 Å². The van der Waals surface area contributed by atoms with Crippen molar-refractivity contribution in [3.63, 3.8) is 0 Å². The minimum atomic E-state index is -0.173. The molecule has 2 aliphatic carbocycles. The second-order valence-electron chi connectivity index (χ2n) is 9.29. The number of hydrogen-bond donors (Lipinski definition) is 0. The fourth-order valence-corrected chi connectivity index (χ4v) is 5.29. The molecule has 0 radical (unpaired) electrons. The van der Waals surface area contributed by atoms with Crippen LogP contribution in [0.25, 0.3) is 11.5 Å². The Morgan fingerprint density at radius 3 is 2.79 bits per heavy atom. The normalized spacial score (nSPS) is 25.9. The van der Waals surface area contributed by atoms with E-state index in [0.717, 1.165) is 62.5 Å². The summed E-state index contributed by atoms with van der Waals surface area (Å²) in [6.45, 7) is 1.61. The topological polar surface area (TPSA) is 72.1 Å². The van der Waals surface area contributed by atoms with Gasteiger partial charge in [-0.2, -0.15) is 4.98 Å². The van der Waals surface area contributed by atoms with Gasteiger partial charge in [0.25, 0.3) is 5.89 Å². The molecule has 2 aromatic heterocycles. The molecule has 154 valence electrons. The largest absolute Gasteiger partial charge is 0.341 e. The molecule has 1 aliphatic heterocycles. The van der Waals surface area contributed by atoms with E-state index in [1.54, 1.807) is 12.4 Å². The SMILES string of the molecule is O=C(C1CCCCC1)N1CCCC(CC2CC2)(c2noc(-c3cccnc3)n2)C1. The van der Waals surface area contributed by atoms with Crippen LogP contribution in [0.2, 0.25) is 0 Å². The number of piperidine rings is 1. The Kier molecular flexibility index (Phi) is 5.10. The average molecular weight is 395 g/mol. The monoisotopic (exact) mass is 394 g/mol. The minimum Gasteiger partial charge on any atom is -0.341 e. The maximum absolute atomic E-state index is 13.3. The summed E-state index contributed by atoms with van der Waals surface area (Å²) in [5, 5.41) is 4.42. The molecule has 6 heteroatoms. The van der Waals surface area contributed by atoms with E-state index >= 15 is 0 Å². The van der Waals surface area contributed by atoms with Crippen LogP contribution >= 0.6 is 0 Å². The van der Waals surface area contributed by atoms with E-state index in [9.17, 15) is 4.79 Å². The van der Waals surface area contributed by atoms with Gasteiger partial charge in [-0.1, -0.05) is 37.3 Å². The highest BCUT2D eigenvalue weighted by molar-refractivity contribution is 5.79. The van der Waals surface area contributed by atoms with E-state index in [1.807, 2.05) is 12.1 Å². The molecule has 3 fully saturated rings. The number of nitrogens with zero attached hydrogens (tertiary/aromatic N) is 4. The van der Waals surface area contributed by atoms with Gasteiger partial charge in [0, 0.05) is 31.4 Å². The summed E-state index contributed by atoms with van der Waals surface area (Å²) in [6, 6.07) is 3.82. The van der Waals surface area contributed by atoms with Gasteiger partial charge in [-0.3, -0.25) is 9.78 Å². The Morgan fingerprint density at radius 1 is 1.17 bits per heavy atom. The van der Waals surface area contributed by atoms with E-state index in [0.29, 0.717) is 11.8 Å². The number of aromatic nitrogens is 3. The lowest BCUT2D eigenvalue weighted by Crippen LogP contribution is -2.51. The van der Waals surface area contributed by atoms with Crippen LogP contribution in [-0.2, 0) is 10.2 Å². The summed E-state index contributed by atoms with van der Waals surface area (Å²) in [4.78, 5) is 24.4. The van der Waals surface area contributed by atoms with Crippen LogP contribution in [0.1, 0.15) is 70.0 Å². The lowest BCUT2D eigenvalue weighted by atomic mass is 9.74. The standard InChI is InChI=1S/C23H30N4O2/c28-21(18-6-2-1-3-7-18)27-13-5-11-23(16-27,14-17-9-10-17)22-25-20(29-26-22)19-8-4-12-24-15-19/h4,8,12,15,17-18H,1-3,5-7,9-11,13-14,16H2. The van der Waals surface area contributed by atoms with Crippen LogP contribution in [-0.4, -0.2) is 39.0 Å². The first kappa shape index (κ1) is 18.8. The zero-order valence-corrected chi connectivity index (χ0v) is 17.1. The first-order valence-electron chi connectivity index (χ1n) is 11.3. The van der Waals surface area contributed by atoms with E-state index in [4.69, 9.17) is 9.51 Å². The molecule has 2 saturated carbocycles. The van der Waals surface area contributed by atoms with Crippen molar-refractivity contribution in [3.05, 3.63) is 30.4 Å². The Labute approximate surface area is 172 Å². The van der Waals surface area contributed by atoms with Crippen LogP contribution in [0.3, 0.4) is 0 Å². The van der Waals surface area contributed by atoms with Gasteiger partial charge in [0.05, 0.1) is 11.0 Å². The fraction of sp³-hybridized carbons (Fsp3) is 0.652. The highest BCUT2D eigenvalue weighted by Crippen LogP contribution is 2.46. The van der Waals surface area contributed by atoms with E-state index in [1.165, 1.54) is 32.1 Å². The first-order chi connectivity index (χ1) is 14.2. The van der Waals surface area contributed by atoms with Crippen molar-refractivity contribution < 1.29 is 9.32 Å². The van der Waals surface area contributed by atoms with Gasteiger partial charge < -0.3 is 9.42 Å². The number of likely N-dealkylation sites (tertiary alicyclic amines) is 1. The molecule has 3 heterocycles. The van der Waals surface area contributed by atoms with Crippen molar-refractivity contribution >= 4 is 5.91 Å². The number of rotatable bonds is 5.